The average Bonchev–Trinajstić information content (AvgIpc) is 3.01. The van der Waals surface area contributed by atoms with E-state index in [-0.39, 0.29) is 29.1 Å². The van der Waals surface area contributed by atoms with Crippen LogP contribution in [0.15, 0.2) is 65.4 Å². The second-order valence-corrected chi connectivity index (χ2v) is 11.4. The molecule has 2 aromatic carbocycles. The molecule has 0 unspecified atom stereocenters. The number of aliphatic imine (C=N–C) groups is 1. The number of anilines is 1. The highest BCUT2D eigenvalue weighted by Crippen LogP contribution is 2.23. The maximum Gasteiger partial charge on any atom is 0.303 e. The number of rotatable bonds is 13. The Morgan fingerprint density at radius 3 is 1.88 bits per heavy atom. The Labute approximate surface area is 288 Å². The molecular weight excluding hydrogens is 610 g/mol. The van der Waals surface area contributed by atoms with Gasteiger partial charge < -0.3 is 15.2 Å². The van der Waals surface area contributed by atoms with Crippen molar-refractivity contribution in [1.29, 1.82) is 0 Å². The van der Waals surface area contributed by atoms with Crippen molar-refractivity contribution >= 4 is 34.5 Å². The van der Waals surface area contributed by atoms with E-state index in [2.05, 4.69) is 38.0 Å². The SMILES string of the molecule is CC(=O)CCCC(=O)O.CCC.CCCCC.C\C=C/C=C(Nc1ccc(C(C)=O)c(C)c1)\C(C)=N\C=C(/C)c1ccc(C)c(F)c1F. The summed E-state index contributed by atoms with van der Waals surface area (Å²) in [5, 5.41) is 11.4. The van der Waals surface area contributed by atoms with Crippen LogP contribution < -0.4 is 5.32 Å². The number of benzene rings is 2. The topological polar surface area (TPSA) is 95.8 Å². The summed E-state index contributed by atoms with van der Waals surface area (Å²) in [5.41, 5.74) is 4.75. The minimum absolute atomic E-state index is 0.0202. The van der Waals surface area contributed by atoms with Gasteiger partial charge in [-0.25, -0.2) is 8.78 Å². The van der Waals surface area contributed by atoms with Crippen LogP contribution >= 0.6 is 0 Å². The van der Waals surface area contributed by atoms with Gasteiger partial charge in [0.05, 0.1) is 11.4 Å². The highest BCUT2D eigenvalue weighted by atomic mass is 19.2. The third kappa shape index (κ3) is 20.1. The summed E-state index contributed by atoms with van der Waals surface area (Å²) in [7, 11) is 0. The zero-order chi connectivity index (χ0) is 37.2. The second-order valence-electron chi connectivity index (χ2n) is 11.4. The molecule has 2 N–H and O–H groups in total. The van der Waals surface area contributed by atoms with Crippen molar-refractivity contribution in [2.24, 2.45) is 4.99 Å². The number of aliphatic carboxylic acids is 1. The Morgan fingerprint density at radius 2 is 1.42 bits per heavy atom. The number of Topliss-reactive ketones (excluding diaryl/α,β-unsaturated/α-hetero) is 2. The Kier molecular flexibility index (Phi) is 25.7. The number of hydrogen-bond acceptors (Lipinski definition) is 5. The first-order valence-electron chi connectivity index (χ1n) is 16.7. The van der Waals surface area contributed by atoms with E-state index in [1.54, 1.807) is 32.0 Å². The van der Waals surface area contributed by atoms with E-state index in [4.69, 9.17) is 5.11 Å². The number of nitrogens with one attached hydrogen (secondary N) is 1. The number of halogens is 2. The van der Waals surface area contributed by atoms with Gasteiger partial charge in [-0.15, -0.1) is 0 Å². The molecule has 0 aliphatic heterocycles. The number of carboxylic acids is 1. The van der Waals surface area contributed by atoms with Gasteiger partial charge in [-0.1, -0.05) is 77.7 Å². The molecule has 8 heteroatoms. The molecule has 0 spiro atoms. The summed E-state index contributed by atoms with van der Waals surface area (Å²) in [6.07, 6.45) is 13.4. The third-order valence-corrected chi connectivity index (χ3v) is 6.51. The maximum atomic E-state index is 14.3. The molecule has 0 amide bonds. The fourth-order valence-corrected chi connectivity index (χ4v) is 3.86. The first-order valence-corrected chi connectivity index (χ1v) is 16.7. The molecule has 0 atom stereocenters. The number of unbranched alkanes of at least 4 members (excludes halogenated alkanes) is 2. The molecule has 2 aromatic rings. The predicted molar refractivity (Wildman–Crippen MR) is 199 cm³/mol. The van der Waals surface area contributed by atoms with E-state index in [0.717, 1.165) is 16.9 Å². The van der Waals surface area contributed by atoms with Gasteiger partial charge >= 0.3 is 5.97 Å². The van der Waals surface area contributed by atoms with Gasteiger partial charge in [-0.05, 0) is 95.9 Å². The lowest BCUT2D eigenvalue weighted by molar-refractivity contribution is -0.137. The van der Waals surface area contributed by atoms with E-state index in [0.29, 0.717) is 29.7 Å². The number of carbonyl (C=O) groups is 3. The van der Waals surface area contributed by atoms with Crippen LogP contribution in [-0.2, 0) is 9.59 Å². The smallest absolute Gasteiger partial charge is 0.303 e. The van der Waals surface area contributed by atoms with Gasteiger partial charge in [0.25, 0.3) is 0 Å². The van der Waals surface area contributed by atoms with Gasteiger partial charge in [-0.3, -0.25) is 14.6 Å². The molecule has 0 radical (unpaired) electrons. The Hall–Kier alpha value is -4.20. The summed E-state index contributed by atoms with van der Waals surface area (Å²) in [4.78, 5) is 36.2. The third-order valence-electron chi connectivity index (χ3n) is 6.51. The number of ketones is 2. The highest BCUT2D eigenvalue weighted by molar-refractivity contribution is 6.02. The molecule has 0 saturated carbocycles. The van der Waals surface area contributed by atoms with E-state index in [1.165, 1.54) is 45.7 Å². The molecule has 48 heavy (non-hydrogen) atoms. The Bertz CT molecular complexity index is 1410. The standard InChI is InChI=1S/C26H28F2N2O.C6H10O3.C5H12.C3H8/c1-7-8-9-24(30-21-11-13-22(20(6)31)17(3)14-21)19(5)29-15-18(4)23-12-10-16(2)25(27)26(23)28;1-5(7)3-2-4-6(8)9;1-3-5-4-2;1-3-2/h7-15,30H,1-6H3;2-4H2,1H3,(H,8,9);3-5H2,1-2H3;3H2,1-2H3/b8-7-,18-15+,24-9+,29-19+;;;. The van der Waals surface area contributed by atoms with Crippen molar-refractivity contribution in [3.63, 3.8) is 0 Å². The van der Waals surface area contributed by atoms with Crippen molar-refractivity contribution in [3.8, 4) is 0 Å². The number of carboxylic acid groups (broad SMARTS) is 1. The van der Waals surface area contributed by atoms with Crippen molar-refractivity contribution in [1.82, 2.24) is 0 Å². The summed E-state index contributed by atoms with van der Waals surface area (Å²) in [5.74, 6) is -2.48. The minimum Gasteiger partial charge on any atom is -0.481 e. The van der Waals surface area contributed by atoms with Crippen LogP contribution in [-0.4, -0.2) is 28.4 Å². The highest BCUT2D eigenvalue weighted by Gasteiger charge is 2.12. The Balaban J connectivity index is 0. The zero-order valence-electron chi connectivity index (χ0n) is 31.0. The summed E-state index contributed by atoms with van der Waals surface area (Å²) >= 11 is 0. The van der Waals surface area contributed by atoms with Crippen molar-refractivity contribution in [3.05, 3.63) is 94.3 Å². The normalized spacial score (nSPS) is 11.4. The van der Waals surface area contributed by atoms with Crippen LogP contribution in [0, 0.1) is 25.5 Å². The van der Waals surface area contributed by atoms with Crippen LogP contribution in [0.4, 0.5) is 14.5 Å². The second kappa shape index (κ2) is 26.8. The zero-order valence-corrected chi connectivity index (χ0v) is 31.0. The average molecular weight is 669 g/mol. The molecule has 0 saturated heterocycles. The van der Waals surface area contributed by atoms with E-state index in [9.17, 15) is 23.2 Å². The quantitative estimate of drug-likeness (QED) is 0.126. The summed E-state index contributed by atoms with van der Waals surface area (Å²) in [6, 6.07) is 8.63. The van der Waals surface area contributed by atoms with Gasteiger partial charge in [0, 0.05) is 35.9 Å². The Morgan fingerprint density at radius 1 is 0.833 bits per heavy atom. The van der Waals surface area contributed by atoms with Crippen LogP contribution in [0.25, 0.3) is 5.57 Å². The van der Waals surface area contributed by atoms with Crippen LogP contribution in [0.5, 0.6) is 0 Å². The van der Waals surface area contributed by atoms with E-state index in [1.807, 2.05) is 51.1 Å². The number of hydrogen-bond donors (Lipinski definition) is 2. The van der Waals surface area contributed by atoms with Gasteiger partial charge in [0.15, 0.2) is 17.4 Å². The first kappa shape index (κ1) is 45.9. The lowest BCUT2D eigenvalue weighted by atomic mass is 10.0. The lowest BCUT2D eigenvalue weighted by Gasteiger charge is -2.12. The minimum atomic E-state index is -0.870. The molecule has 266 valence electrons. The molecule has 2 rings (SSSR count). The summed E-state index contributed by atoms with van der Waals surface area (Å²) in [6.45, 7) is 20.5. The van der Waals surface area contributed by atoms with E-state index >= 15 is 0 Å². The molecule has 0 heterocycles. The van der Waals surface area contributed by atoms with Crippen molar-refractivity contribution < 1.29 is 28.3 Å². The van der Waals surface area contributed by atoms with Crippen LogP contribution in [0.2, 0.25) is 0 Å². The molecule has 6 nitrogen and oxygen atoms in total. The van der Waals surface area contributed by atoms with Crippen LogP contribution in [0.3, 0.4) is 0 Å². The first-order chi connectivity index (χ1) is 22.6. The fraction of sp³-hybridized carbons (Fsp3) is 0.450. The molecular formula is C40H58F2N2O4. The van der Waals surface area contributed by atoms with E-state index < -0.39 is 17.6 Å². The van der Waals surface area contributed by atoms with Gasteiger partial charge in [0.1, 0.15) is 5.78 Å². The number of allylic oxidation sites excluding steroid dienone is 5. The largest absolute Gasteiger partial charge is 0.481 e. The lowest BCUT2D eigenvalue weighted by Crippen LogP contribution is -2.09. The maximum absolute atomic E-state index is 14.3. The predicted octanol–water partition coefficient (Wildman–Crippen LogP) is 11.6. The number of carbonyl (C=O) groups excluding carboxylic acids is 2. The molecule has 0 aliphatic carbocycles. The number of nitrogens with zero attached hydrogens (tertiary/aromatic N) is 1. The monoisotopic (exact) mass is 668 g/mol. The molecule has 0 fully saturated rings. The number of aryl methyl sites for hydroxylation is 2. The summed E-state index contributed by atoms with van der Waals surface area (Å²) < 4.78 is 28.1. The van der Waals surface area contributed by atoms with Gasteiger partial charge in [-0.2, -0.15) is 0 Å². The van der Waals surface area contributed by atoms with Crippen LogP contribution in [0.1, 0.15) is 134 Å². The fourth-order valence-electron chi connectivity index (χ4n) is 3.86. The molecule has 0 bridgehead atoms. The molecule has 0 aromatic heterocycles. The van der Waals surface area contributed by atoms with Crippen molar-refractivity contribution in [2.45, 2.75) is 121 Å². The van der Waals surface area contributed by atoms with Crippen molar-refractivity contribution in [2.75, 3.05) is 5.32 Å². The molecule has 0 aliphatic rings. The van der Waals surface area contributed by atoms with Gasteiger partial charge in [0.2, 0.25) is 0 Å².